The molecule has 0 radical (unpaired) electrons. The van der Waals surface area contributed by atoms with Crippen LogP contribution in [0.2, 0.25) is 10.0 Å². The van der Waals surface area contributed by atoms with E-state index in [1.165, 1.54) is 6.08 Å². The first kappa shape index (κ1) is 19.8. The number of nitrogens with one attached hydrogen (secondary N) is 2. The van der Waals surface area contributed by atoms with Crippen molar-refractivity contribution in [3.8, 4) is 5.75 Å². The van der Waals surface area contributed by atoms with Crippen LogP contribution in [0.25, 0.3) is 6.08 Å². The van der Waals surface area contributed by atoms with Gasteiger partial charge in [-0.25, -0.2) is 0 Å². The third-order valence-electron chi connectivity index (χ3n) is 3.24. The maximum absolute atomic E-state index is 12.0. The summed E-state index contributed by atoms with van der Waals surface area (Å²) in [6, 6.07) is 11.8. The van der Waals surface area contributed by atoms with Gasteiger partial charge >= 0.3 is 0 Å². The van der Waals surface area contributed by atoms with Crippen molar-refractivity contribution >= 4 is 46.8 Å². The van der Waals surface area contributed by atoms with Gasteiger partial charge in [0.1, 0.15) is 5.75 Å². The number of carbonyl (C=O) groups excluding carboxylic acids is 2. The van der Waals surface area contributed by atoms with Crippen LogP contribution >= 0.6 is 23.2 Å². The van der Waals surface area contributed by atoms with E-state index in [2.05, 4.69) is 10.6 Å². The highest BCUT2D eigenvalue weighted by atomic mass is 35.5. The van der Waals surface area contributed by atoms with Crippen molar-refractivity contribution in [3.05, 3.63) is 64.1 Å². The lowest BCUT2D eigenvalue weighted by Gasteiger charge is -2.07. The molecule has 0 aromatic heterocycles. The van der Waals surface area contributed by atoms with Gasteiger partial charge in [-0.1, -0.05) is 29.3 Å². The average Bonchev–Trinajstić information content (AvgIpc) is 2.62. The number of anilines is 1. The Labute approximate surface area is 161 Å². The van der Waals surface area contributed by atoms with Gasteiger partial charge in [-0.05, 0) is 55.0 Å². The smallest absolute Gasteiger partial charge is 0.257 e. The number of halogens is 2. The summed E-state index contributed by atoms with van der Waals surface area (Å²) >= 11 is 11.8. The molecule has 2 aromatic rings. The number of carbonyl (C=O) groups is 2. The first-order chi connectivity index (χ1) is 12.5. The second-order valence-corrected chi connectivity index (χ2v) is 6.08. The molecule has 7 heteroatoms. The summed E-state index contributed by atoms with van der Waals surface area (Å²) in [5.41, 5.74) is 1.38. The van der Waals surface area contributed by atoms with Gasteiger partial charge in [-0.3, -0.25) is 9.59 Å². The van der Waals surface area contributed by atoms with Gasteiger partial charge in [0.15, 0.2) is 6.61 Å². The normalized spacial score (nSPS) is 10.6. The van der Waals surface area contributed by atoms with Gasteiger partial charge in [-0.2, -0.15) is 0 Å². The molecule has 0 aliphatic rings. The molecule has 136 valence electrons. The molecular weight excluding hydrogens is 375 g/mol. The summed E-state index contributed by atoms with van der Waals surface area (Å²) in [7, 11) is 0. The lowest BCUT2D eigenvalue weighted by Crippen LogP contribution is -2.28. The molecule has 0 atom stereocenters. The van der Waals surface area contributed by atoms with E-state index in [1.54, 1.807) is 48.5 Å². The highest BCUT2D eigenvalue weighted by Gasteiger charge is 2.03. The molecule has 0 aliphatic heterocycles. The SMILES string of the molecule is CCNC(=O)COc1ccc(NC(=O)/C=C/c2ccc(Cl)c(Cl)c2)cc1. The van der Waals surface area contributed by atoms with Crippen molar-refractivity contribution in [2.24, 2.45) is 0 Å². The molecule has 0 bridgehead atoms. The standard InChI is InChI=1S/C19H18Cl2N2O3/c1-2-22-19(25)12-26-15-7-5-14(6-8-15)23-18(24)10-4-13-3-9-16(20)17(21)11-13/h3-11H,2,12H2,1H3,(H,22,25)(H,23,24)/b10-4+. The fourth-order valence-corrected chi connectivity index (χ4v) is 2.31. The molecule has 0 aliphatic carbocycles. The van der Waals surface area contributed by atoms with Crippen molar-refractivity contribution in [1.82, 2.24) is 5.32 Å². The molecule has 0 fully saturated rings. The molecule has 2 N–H and O–H groups in total. The van der Waals surface area contributed by atoms with Crippen LogP contribution in [0, 0.1) is 0 Å². The fourth-order valence-electron chi connectivity index (χ4n) is 2.00. The van der Waals surface area contributed by atoms with E-state index in [9.17, 15) is 9.59 Å². The lowest BCUT2D eigenvalue weighted by molar-refractivity contribution is -0.123. The Hall–Kier alpha value is -2.50. The van der Waals surface area contributed by atoms with Crippen molar-refractivity contribution in [1.29, 1.82) is 0 Å². The number of ether oxygens (including phenoxy) is 1. The van der Waals surface area contributed by atoms with Crippen LogP contribution < -0.4 is 15.4 Å². The molecule has 2 rings (SSSR count). The summed E-state index contributed by atoms with van der Waals surface area (Å²) in [6.07, 6.45) is 3.04. The summed E-state index contributed by atoms with van der Waals surface area (Å²) in [6.45, 7) is 2.35. The van der Waals surface area contributed by atoms with Crippen LogP contribution in [-0.2, 0) is 9.59 Å². The Balaban J connectivity index is 1.87. The van der Waals surface area contributed by atoms with Crippen molar-refractivity contribution in [3.63, 3.8) is 0 Å². The number of benzene rings is 2. The van der Waals surface area contributed by atoms with Crippen LogP contribution in [0.15, 0.2) is 48.5 Å². The maximum atomic E-state index is 12.0. The number of likely N-dealkylation sites (N-methyl/N-ethyl adjacent to an activating group) is 1. The van der Waals surface area contributed by atoms with E-state index in [4.69, 9.17) is 27.9 Å². The zero-order valence-corrected chi connectivity index (χ0v) is 15.6. The zero-order valence-electron chi connectivity index (χ0n) is 14.1. The van der Waals surface area contributed by atoms with Crippen molar-refractivity contribution in [2.45, 2.75) is 6.92 Å². The predicted molar refractivity (Wildman–Crippen MR) is 105 cm³/mol. The van der Waals surface area contributed by atoms with Crippen molar-refractivity contribution < 1.29 is 14.3 Å². The minimum Gasteiger partial charge on any atom is -0.484 e. The summed E-state index contributed by atoms with van der Waals surface area (Å²) in [4.78, 5) is 23.3. The Morgan fingerprint density at radius 1 is 1.08 bits per heavy atom. The van der Waals surface area contributed by atoms with Gasteiger partial charge in [-0.15, -0.1) is 0 Å². The maximum Gasteiger partial charge on any atom is 0.257 e. The quantitative estimate of drug-likeness (QED) is 0.695. The molecule has 0 saturated carbocycles. The molecule has 26 heavy (non-hydrogen) atoms. The average molecular weight is 393 g/mol. The number of hydrogen-bond donors (Lipinski definition) is 2. The molecule has 2 aromatic carbocycles. The van der Waals surface area contributed by atoms with Gasteiger partial charge in [0.2, 0.25) is 5.91 Å². The van der Waals surface area contributed by atoms with E-state index < -0.39 is 0 Å². The molecule has 5 nitrogen and oxygen atoms in total. The van der Waals surface area contributed by atoms with Gasteiger partial charge < -0.3 is 15.4 Å². The van der Waals surface area contributed by atoms with Gasteiger partial charge in [0, 0.05) is 18.3 Å². The topological polar surface area (TPSA) is 67.4 Å². The van der Waals surface area contributed by atoms with Crippen LogP contribution in [-0.4, -0.2) is 25.0 Å². The van der Waals surface area contributed by atoms with E-state index in [0.717, 1.165) is 5.56 Å². The molecule has 2 amide bonds. The monoisotopic (exact) mass is 392 g/mol. The third-order valence-corrected chi connectivity index (χ3v) is 3.98. The Morgan fingerprint density at radius 2 is 1.81 bits per heavy atom. The van der Waals surface area contributed by atoms with Crippen LogP contribution in [0.5, 0.6) is 5.75 Å². The molecule has 0 heterocycles. The van der Waals surface area contributed by atoms with E-state index in [1.807, 2.05) is 6.92 Å². The van der Waals surface area contributed by atoms with Crippen LogP contribution in [0.4, 0.5) is 5.69 Å². The molecule has 0 saturated heterocycles. The fraction of sp³-hybridized carbons (Fsp3) is 0.158. The zero-order chi connectivity index (χ0) is 18.9. The summed E-state index contributed by atoms with van der Waals surface area (Å²) in [5, 5.41) is 6.26. The third kappa shape index (κ3) is 6.43. The second-order valence-electron chi connectivity index (χ2n) is 5.26. The Bertz CT molecular complexity index is 805. The molecule has 0 unspecified atom stereocenters. The van der Waals surface area contributed by atoms with Crippen LogP contribution in [0.1, 0.15) is 12.5 Å². The largest absolute Gasteiger partial charge is 0.484 e. The number of hydrogen-bond acceptors (Lipinski definition) is 3. The van der Waals surface area contributed by atoms with Crippen molar-refractivity contribution in [2.75, 3.05) is 18.5 Å². The molecule has 0 spiro atoms. The summed E-state index contributed by atoms with van der Waals surface area (Å²) < 4.78 is 5.34. The van der Waals surface area contributed by atoms with E-state index >= 15 is 0 Å². The first-order valence-electron chi connectivity index (χ1n) is 7.91. The van der Waals surface area contributed by atoms with Gasteiger partial charge in [0.25, 0.3) is 5.91 Å². The van der Waals surface area contributed by atoms with E-state index in [-0.39, 0.29) is 18.4 Å². The predicted octanol–water partition coefficient (Wildman–Crippen LogP) is 4.16. The van der Waals surface area contributed by atoms with E-state index in [0.29, 0.717) is 28.0 Å². The van der Waals surface area contributed by atoms with Crippen LogP contribution in [0.3, 0.4) is 0 Å². The summed E-state index contributed by atoms with van der Waals surface area (Å²) in [5.74, 6) is 0.0741. The Morgan fingerprint density at radius 3 is 2.46 bits per heavy atom. The highest BCUT2D eigenvalue weighted by molar-refractivity contribution is 6.42. The first-order valence-corrected chi connectivity index (χ1v) is 8.67. The molecular formula is C19H18Cl2N2O3. The number of rotatable bonds is 7. The Kier molecular flexibility index (Phi) is 7.51. The highest BCUT2D eigenvalue weighted by Crippen LogP contribution is 2.23. The minimum atomic E-state index is -0.285. The second kappa shape index (κ2) is 9.85. The minimum absolute atomic E-state index is 0.0497. The van der Waals surface area contributed by atoms with Gasteiger partial charge in [0.05, 0.1) is 10.0 Å². The lowest BCUT2D eigenvalue weighted by atomic mass is 10.2. The number of amides is 2.